The number of fused-ring (bicyclic) bond motifs is 1. The molecule has 1 saturated heterocycles. The molecule has 33 heavy (non-hydrogen) atoms. The number of halogens is 1. The molecule has 0 aliphatic carbocycles. The molecule has 11 nitrogen and oxygen atoms in total. The Labute approximate surface area is 191 Å². The second-order valence-electron chi connectivity index (χ2n) is 9.15. The van der Waals surface area contributed by atoms with Crippen LogP contribution in [-0.2, 0) is 28.5 Å². The topological polar surface area (TPSA) is 147 Å². The molecule has 2 aliphatic heterocycles. The van der Waals surface area contributed by atoms with Crippen molar-refractivity contribution in [2.75, 3.05) is 31.5 Å². The van der Waals surface area contributed by atoms with Crippen LogP contribution in [0.2, 0.25) is 0 Å². The zero-order valence-electron chi connectivity index (χ0n) is 19.5. The van der Waals surface area contributed by atoms with E-state index in [2.05, 4.69) is 20.3 Å². The van der Waals surface area contributed by atoms with Crippen LogP contribution in [0.25, 0.3) is 0 Å². The van der Waals surface area contributed by atoms with Crippen LogP contribution in [0.5, 0.6) is 0 Å². The standard InChI is InChI=1S/C21H30FN5O6/c1-10(28)30-8-12-16(31-9-32-18(29)20(2,3)4)21(5,22)15(33-12)11-7-25-14-13(11)26-19(23)27-17(14)24-6/h7,11-12,15-16H,8-9H2,1-6H3,(H3,23,24,26,27)/t11?,12-,15+,16-,21+/m1/s1. The van der Waals surface area contributed by atoms with E-state index in [1.54, 1.807) is 27.8 Å². The average Bonchev–Trinajstić information content (AvgIpc) is 3.23. The van der Waals surface area contributed by atoms with Crippen molar-refractivity contribution in [3.8, 4) is 0 Å². The van der Waals surface area contributed by atoms with Gasteiger partial charge in [-0.25, -0.2) is 9.37 Å². The summed E-state index contributed by atoms with van der Waals surface area (Å²) in [7, 11) is 1.66. The van der Waals surface area contributed by atoms with Gasteiger partial charge in [-0.2, -0.15) is 4.98 Å². The smallest absolute Gasteiger partial charge is 0.313 e. The van der Waals surface area contributed by atoms with Gasteiger partial charge in [-0.1, -0.05) is 0 Å². The third kappa shape index (κ3) is 5.06. The maximum Gasteiger partial charge on any atom is 0.313 e. The Morgan fingerprint density at radius 1 is 1.30 bits per heavy atom. The number of esters is 2. The lowest BCUT2D eigenvalue weighted by Crippen LogP contribution is -2.46. The Bertz CT molecular complexity index is 948. The first-order valence-corrected chi connectivity index (χ1v) is 10.5. The Morgan fingerprint density at radius 3 is 2.61 bits per heavy atom. The van der Waals surface area contributed by atoms with Crippen molar-refractivity contribution >= 4 is 35.6 Å². The zero-order chi connectivity index (χ0) is 24.6. The molecule has 0 spiro atoms. The maximum atomic E-state index is 16.2. The van der Waals surface area contributed by atoms with Crippen molar-refractivity contribution in [3.05, 3.63) is 5.69 Å². The molecule has 3 heterocycles. The highest BCUT2D eigenvalue weighted by molar-refractivity contribution is 5.85. The minimum Gasteiger partial charge on any atom is -0.463 e. The number of nitrogen functional groups attached to an aromatic ring is 1. The van der Waals surface area contributed by atoms with E-state index in [1.165, 1.54) is 20.1 Å². The molecule has 0 bridgehead atoms. The average molecular weight is 467 g/mol. The van der Waals surface area contributed by atoms with Gasteiger partial charge >= 0.3 is 11.9 Å². The van der Waals surface area contributed by atoms with Gasteiger partial charge in [0.15, 0.2) is 18.3 Å². The second kappa shape index (κ2) is 9.18. The fourth-order valence-electron chi connectivity index (χ4n) is 3.80. The summed E-state index contributed by atoms with van der Waals surface area (Å²) in [6, 6.07) is 0. The number of anilines is 2. The molecule has 3 N–H and O–H groups in total. The van der Waals surface area contributed by atoms with Crippen molar-refractivity contribution in [3.63, 3.8) is 0 Å². The fraction of sp³-hybridized carbons (Fsp3) is 0.667. The summed E-state index contributed by atoms with van der Waals surface area (Å²) in [6.07, 6.45) is -1.73. The largest absolute Gasteiger partial charge is 0.463 e. The third-order valence-corrected chi connectivity index (χ3v) is 5.44. The number of hydrogen-bond donors (Lipinski definition) is 2. The molecular formula is C21H30FN5O6. The second-order valence-corrected chi connectivity index (χ2v) is 9.15. The SMILES string of the molecule is CNc1nc(N)nc2c1N=CC2[C@@H]1O[C@H](COC(C)=O)[C@@H](OCOC(=O)C(C)(C)C)[C@@]1(C)F. The van der Waals surface area contributed by atoms with Crippen molar-refractivity contribution in [1.82, 2.24) is 9.97 Å². The highest BCUT2D eigenvalue weighted by Gasteiger charge is 2.59. The summed E-state index contributed by atoms with van der Waals surface area (Å²) in [5.41, 5.74) is 3.83. The van der Waals surface area contributed by atoms with Gasteiger partial charge in [0.25, 0.3) is 0 Å². The first-order valence-electron chi connectivity index (χ1n) is 10.5. The number of rotatable bonds is 7. The van der Waals surface area contributed by atoms with Crippen LogP contribution in [0.1, 0.15) is 46.2 Å². The van der Waals surface area contributed by atoms with Crippen LogP contribution < -0.4 is 11.1 Å². The van der Waals surface area contributed by atoms with E-state index >= 15 is 4.39 Å². The van der Waals surface area contributed by atoms with E-state index in [4.69, 9.17) is 24.7 Å². The van der Waals surface area contributed by atoms with Crippen LogP contribution in [0.3, 0.4) is 0 Å². The normalized spacial score (nSPS) is 28.5. The monoisotopic (exact) mass is 467 g/mol. The predicted molar refractivity (Wildman–Crippen MR) is 117 cm³/mol. The van der Waals surface area contributed by atoms with Crippen LogP contribution in [-0.4, -0.2) is 72.5 Å². The molecule has 1 aromatic rings. The molecule has 2 aliphatic rings. The summed E-state index contributed by atoms with van der Waals surface area (Å²) in [4.78, 5) is 36.1. The van der Waals surface area contributed by atoms with Crippen molar-refractivity contribution in [1.29, 1.82) is 0 Å². The highest BCUT2D eigenvalue weighted by atomic mass is 19.1. The Balaban J connectivity index is 1.84. The molecule has 1 fully saturated rings. The number of carbonyl (C=O) groups is 2. The lowest BCUT2D eigenvalue weighted by molar-refractivity contribution is -0.179. The highest BCUT2D eigenvalue weighted by Crippen LogP contribution is 2.47. The maximum absolute atomic E-state index is 16.2. The Kier molecular flexibility index (Phi) is 6.89. The van der Waals surface area contributed by atoms with Gasteiger partial charge in [0, 0.05) is 20.2 Å². The summed E-state index contributed by atoms with van der Waals surface area (Å²) in [5.74, 6) is -1.33. The van der Waals surface area contributed by atoms with E-state index in [-0.39, 0.29) is 12.6 Å². The van der Waals surface area contributed by atoms with E-state index in [9.17, 15) is 9.59 Å². The molecule has 182 valence electrons. The van der Waals surface area contributed by atoms with Gasteiger partial charge in [0.2, 0.25) is 5.95 Å². The van der Waals surface area contributed by atoms with E-state index < -0.39 is 54.0 Å². The summed E-state index contributed by atoms with van der Waals surface area (Å²) >= 11 is 0. The number of carbonyl (C=O) groups excluding carboxylic acids is 2. The number of aliphatic imine (C=N–C) groups is 1. The minimum atomic E-state index is -2.09. The number of nitrogens with zero attached hydrogens (tertiary/aromatic N) is 3. The molecule has 12 heteroatoms. The number of aromatic nitrogens is 2. The first-order chi connectivity index (χ1) is 15.4. The number of nitrogens with one attached hydrogen (secondary N) is 1. The molecule has 0 saturated carbocycles. The van der Waals surface area contributed by atoms with Gasteiger partial charge in [0.1, 0.15) is 30.6 Å². The lowest BCUT2D eigenvalue weighted by atomic mass is 9.86. The van der Waals surface area contributed by atoms with Crippen LogP contribution in [0.4, 0.5) is 21.8 Å². The summed E-state index contributed by atoms with van der Waals surface area (Å²) in [6.45, 7) is 6.90. The molecular weight excluding hydrogens is 437 g/mol. The van der Waals surface area contributed by atoms with Gasteiger partial charge in [-0.15, -0.1) is 0 Å². The summed E-state index contributed by atoms with van der Waals surface area (Å²) < 4.78 is 38.0. The number of ether oxygens (including phenoxy) is 4. The minimum absolute atomic E-state index is 0.00511. The fourth-order valence-corrected chi connectivity index (χ4v) is 3.80. The molecule has 0 radical (unpaired) electrons. The molecule has 3 rings (SSSR count). The van der Waals surface area contributed by atoms with E-state index in [0.29, 0.717) is 17.2 Å². The predicted octanol–water partition coefficient (Wildman–Crippen LogP) is 1.89. The van der Waals surface area contributed by atoms with Crippen molar-refractivity contribution in [2.45, 2.75) is 64.5 Å². The first kappa shape index (κ1) is 24.8. The molecule has 0 amide bonds. The zero-order valence-corrected chi connectivity index (χ0v) is 19.5. The lowest BCUT2D eigenvalue weighted by Gasteiger charge is -2.29. The van der Waals surface area contributed by atoms with E-state index in [0.717, 1.165) is 0 Å². The van der Waals surface area contributed by atoms with Crippen molar-refractivity contribution in [2.24, 2.45) is 10.4 Å². The molecule has 5 atom stereocenters. The quantitative estimate of drug-likeness (QED) is 0.450. The van der Waals surface area contributed by atoms with Crippen LogP contribution >= 0.6 is 0 Å². The number of alkyl halides is 1. The third-order valence-electron chi connectivity index (χ3n) is 5.44. The van der Waals surface area contributed by atoms with Gasteiger partial charge in [0.05, 0.1) is 17.0 Å². The van der Waals surface area contributed by atoms with Crippen LogP contribution in [0, 0.1) is 5.41 Å². The molecule has 1 aromatic heterocycles. The van der Waals surface area contributed by atoms with Gasteiger partial charge in [-0.05, 0) is 27.7 Å². The van der Waals surface area contributed by atoms with Crippen LogP contribution in [0.15, 0.2) is 4.99 Å². The number of hydrogen-bond acceptors (Lipinski definition) is 11. The van der Waals surface area contributed by atoms with Crippen molar-refractivity contribution < 1.29 is 32.9 Å². The Morgan fingerprint density at radius 2 is 2.00 bits per heavy atom. The van der Waals surface area contributed by atoms with E-state index in [1.807, 2.05) is 0 Å². The summed E-state index contributed by atoms with van der Waals surface area (Å²) in [5, 5.41) is 2.89. The van der Waals surface area contributed by atoms with Gasteiger partial charge < -0.3 is 30.0 Å². The molecule has 0 aromatic carbocycles. The molecule has 1 unspecified atom stereocenters. The number of nitrogens with two attached hydrogens (primary N) is 1. The van der Waals surface area contributed by atoms with Gasteiger partial charge in [-0.3, -0.25) is 14.6 Å². The Hall–Kier alpha value is -2.86.